The summed E-state index contributed by atoms with van der Waals surface area (Å²) in [5.41, 5.74) is 0.143. The van der Waals surface area contributed by atoms with E-state index < -0.39 is 11.9 Å². The van der Waals surface area contributed by atoms with Crippen LogP contribution >= 0.6 is 0 Å². The Morgan fingerprint density at radius 3 is 3.00 bits per heavy atom. The van der Waals surface area contributed by atoms with E-state index in [1.807, 2.05) is 0 Å². The summed E-state index contributed by atoms with van der Waals surface area (Å²) in [6.45, 7) is 2.27. The zero-order valence-electron chi connectivity index (χ0n) is 7.49. The van der Waals surface area contributed by atoms with Gasteiger partial charge in [-0.3, -0.25) is 0 Å². The first kappa shape index (κ1) is 9.57. The first-order valence-electron chi connectivity index (χ1n) is 3.88. The van der Waals surface area contributed by atoms with Gasteiger partial charge in [0, 0.05) is 0 Å². The topological polar surface area (TPSA) is 64.6 Å². The maximum atomic E-state index is 11.1. The summed E-state index contributed by atoms with van der Waals surface area (Å²) in [6.07, 6.45) is 0.913. The molecule has 1 unspecified atom stereocenters. The molecule has 0 radical (unpaired) electrons. The Morgan fingerprint density at radius 1 is 1.77 bits per heavy atom. The van der Waals surface area contributed by atoms with Crippen molar-refractivity contribution in [3.05, 3.63) is 11.8 Å². The molecule has 5 heteroatoms. The van der Waals surface area contributed by atoms with Gasteiger partial charge >= 0.3 is 11.9 Å². The summed E-state index contributed by atoms with van der Waals surface area (Å²) in [5.74, 6) is -1.10. The molecule has 5 nitrogen and oxygen atoms in total. The largest absolute Gasteiger partial charge is 0.466 e. The number of rotatable bonds is 1. The summed E-state index contributed by atoms with van der Waals surface area (Å²) in [4.78, 5) is 21.9. The molecule has 0 aromatic rings. The van der Waals surface area contributed by atoms with Crippen LogP contribution in [0.25, 0.3) is 0 Å². The van der Waals surface area contributed by atoms with E-state index >= 15 is 0 Å². The van der Waals surface area contributed by atoms with Crippen LogP contribution in [0.5, 0.6) is 0 Å². The van der Waals surface area contributed by atoms with Gasteiger partial charge in [0.2, 0.25) is 0 Å². The molecular weight excluding hydrogens is 174 g/mol. The van der Waals surface area contributed by atoms with Crippen LogP contribution in [0.2, 0.25) is 0 Å². The number of methoxy groups -OCH3 is 1. The van der Waals surface area contributed by atoms with E-state index in [1.165, 1.54) is 7.11 Å². The molecule has 0 aromatic heterocycles. The number of hydrogen-bond acceptors (Lipinski definition) is 5. The number of morpholine rings is 1. The highest BCUT2D eigenvalue weighted by Gasteiger charge is 2.21. The van der Waals surface area contributed by atoms with Crippen LogP contribution in [-0.2, 0) is 19.1 Å². The Bertz CT molecular complexity index is 259. The monoisotopic (exact) mass is 185 g/mol. The highest BCUT2D eigenvalue weighted by molar-refractivity contribution is 5.96. The Labute approximate surface area is 75.7 Å². The van der Waals surface area contributed by atoms with Crippen molar-refractivity contribution in [2.45, 2.75) is 13.0 Å². The maximum absolute atomic E-state index is 11.1. The lowest BCUT2D eigenvalue weighted by Gasteiger charge is -2.22. The van der Waals surface area contributed by atoms with Crippen molar-refractivity contribution in [3.63, 3.8) is 0 Å². The van der Waals surface area contributed by atoms with Crippen LogP contribution in [0.4, 0.5) is 0 Å². The van der Waals surface area contributed by atoms with Crippen molar-refractivity contribution in [3.8, 4) is 0 Å². The Kier molecular flexibility index (Phi) is 2.89. The second-order valence-corrected chi connectivity index (χ2v) is 2.68. The van der Waals surface area contributed by atoms with Crippen molar-refractivity contribution in [1.82, 2.24) is 5.32 Å². The highest BCUT2D eigenvalue weighted by atomic mass is 16.5. The van der Waals surface area contributed by atoms with Gasteiger partial charge in [0.05, 0.1) is 19.7 Å². The van der Waals surface area contributed by atoms with Crippen LogP contribution in [0.1, 0.15) is 6.92 Å². The lowest BCUT2D eigenvalue weighted by molar-refractivity contribution is -0.147. The average Bonchev–Trinajstić information content (AvgIpc) is 2.09. The van der Waals surface area contributed by atoms with E-state index in [-0.39, 0.29) is 11.8 Å². The van der Waals surface area contributed by atoms with Crippen molar-refractivity contribution in [2.75, 3.05) is 13.7 Å². The van der Waals surface area contributed by atoms with Crippen molar-refractivity contribution < 1.29 is 19.1 Å². The zero-order chi connectivity index (χ0) is 9.84. The minimum atomic E-state index is -0.575. The minimum absolute atomic E-state index is 0.143. The molecule has 0 bridgehead atoms. The molecule has 1 atom stereocenters. The first-order chi connectivity index (χ1) is 6.13. The van der Waals surface area contributed by atoms with Gasteiger partial charge in [-0.15, -0.1) is 0 Å². The standard InChI is InChI=1S/C8H11NO4/c1-5-4-9-6(8(11)13-5)3-7(10)12-2/h3,5,9H,4H2,1-2H3/b6-3+. The average molecular weight is 185 g/mol. The third kappa shape index (κ3) is 2.47. The van der Waals surface area contributed by atoms with Crippen LogP contribution in [0.15, 0.2) is 11.8 Å². The summed E-state index contributed by atoms with van der Waals surface area (Å²) >= 11 is 0. The fourth-order valence-corrected chi connectivity index (χ4v) is 0.900. The van der Waals surface area contributed by atoms with Crippen molar-refractivity contribution >= 4 is 11.9 Å². The molecule has 1 aliphatic rings. The van der Waals surface area contributed by atoms with Gasteiger partial charge in [0.1, 0.15) is 11.8 Å². The molecule has 1 rings (SSSR count). The molecule has 1 aliphatic heterocycles. The van der Waals surface area contributed by atoms with Crippen molar-refractivity contribution in [2.24, 2.45) is 0 Å². The molecule has 72 valence electrons. The quantitative estimate of drug-likeness (QED) is 0.444. The normalized spacial score (nSPS) is 24.9. The molecule has 0 aliphatic carbocycles. The lowest BCUT2D eigenvalue weighted by Crippen LogP contribution is -2.39. The molecule has 0 amide bonds. The summed E-state index contributed by atoms with van der Waals surface area (Å²) < 4.78 is 9.23. The Morgan fingerprint density at radius 2 is 2.46 bits per heavy atom. The predicted molar refractivity (Wildman–Crippen MR) is 43.7 cm³/mol. The molecule has 0 spiro atoms. The van der Waals surface area contributed by atoms with E-state index in [0.29, 0.717) is 6.54 Å². The molecule has 0 saturated carbocycles. The summed E-state index contributed by atoms with van der Waals surface area (Å²) in [6, 6.07) is 0. The fourth-order valence-electron chi connectivity index (χ4n) is 0.900. The second kappa shape index (κ2) is 3.93. The third-order valence-electron chi connectivity index (χ3n) is 1.57. The van der Waals surface area contributed by atoms with E-state index in [2.05, 4.69) is 10.1 Å². The van der Waals surface area contributed by atoms with Crippen LogP contribution in [0.3, 0.4) is 0 Å². The van der Waals surface area contributed by atoms with Gasteiger partial charge in [-0.25, -0.2) is 9.59 Å². The van der Waals surface area contributed by atoms with E-state index in [1.54, 1.807) is 6.92 Å². The zero-order valence-corrected chi connectivity index (χ0v) is 7.49. The van der Waals surface area contributed by atoms with Crippen molar-refractivity contribution in [1.29, 1.82) is 0 Å². The molecule has 1 N–H and O–H groups in total. The second-order valence-electron chi connectivity index (χ2n) is 2.68. The minimum Gasteiger partial charge on any atom is -0.466 e. The van der Waals surface area contributed by atoms with Crippen LogP contribution in [-0.4, -0.2) is 31.7 Å². The SMILES string of the molecule is COC(=O)/C=C1/NCC(C)OC1=O. The highest BCUT2D eigenvalue weighted by Crippen LogP contribution is 2.05. The number of hydrogen-bond donors (Lipinski definition) is 1. The van der Waals surface area contributed by atoms with Gasteiger partial charge in [0.25, 0.3) is 0 Å². The van der Waals surface area contributed by atoms with Gasteiger partial charge in [0.15, 0.2) is 0 Å². The number of carbonyl (C=O) groups excluding carboxylic acids is 2. The molecule has 1 saturated heterocycles. The number of cyclic esters (lactones) is 1. The van der Waals surface area contributed by atoms with E-state index in [0.717, 1.165) is 6.08 Å². The van der Waals surface area contributed by atoms with Gasteiger partial charge in [-0.05, 0) is 6.92 Å². The third-order valence-corrected chi connectivity index (χ3v) is 1.57. The van der Waals surface area contributed by atoms with Gasteiger partial charge in [-0.1, -0.05) is 0 Å². The molecular formula is C8H11NO4. The van der Waals surface area contributed by atoms with E-state index in [9.17, 15) is 9.59 Å². The summed E-state index contributed by atoms with van der Waals surface area (Å²) in [5, 5.41) is 2.77. The fraction of sp³-hybridized carbons (Fsp3) is 0.500. The number of ether oxygens (including phenoxy) is 2. The molecule has 13 heavy (non-hydrogen) atoms. The number of esters is 2. The van der Waals surface area contributed by atoms with Crippen LogP contribution in [0, 0.1) is 0 Å². The maximum Gasteiger partial charge on any atom is 0.354 e. The molecule has 1 fully saturated rings. The smallest absolute Gasteiger partial charge is 0.354 e. The van der Waals surface area contributed by atoms with Gasteiger partial charge < -0.3 is 14.8 Å². The number of carbonyl (C=O) groups is 2. The first-order valence-corrected chi connectivity index (χ1v) is 3.88. The number of nitrogens with one attached hydrogen (secondary N) is 1. The predicted octanol–water partition coefficient (Wildman–Crippen LogP) is -0.422. The Hall–Kier alpha value is -1.52. The summed E-state index contributed by atoms with van der Waals surface area (Å²) in [7, 11) is 1.25. The molecule has 1 heterocycles. The molecule has 0 aromatic carbocycles. The Balaban J connectivity index is 2.66. The lowest BCUT2D eigenvalue weighted by atomic mass is 10.3. The van der Waals surface area contributed by atoms with Gasteiger partial charge in [-0.2, -0.15) is 0 Å². The van der Waals surface area contributed by atoms with E-state index in [4.69, 9.17) is 4.74 Å². The van der Waals surface area contributed by atoms with Crippen LogP contribution < -0.4 is 5.32 Å².